The van der Waals surface area contributed by atoms with Gasteiger partial charge in [-0.2, -0.15) is 0 Å². The van der Waals surface area contributed by atoms with Gasteiger partial charge in [0.2, 0.25) is 0 Å². The summed E-state index contributed by atoms with van der Waals surface area (Å²) in [5.74, 6) is 0.582. The van der Waals surface area contributed by atoms with Crippen LogP contribution >= 0.6 is 0 Å². The fourth-order valence-corrected chi connectivity index (χ4v) is 2.57. The van der Waals surface area contributed by atoms with E-state index in [1.807, 2.05) is 12.1 Å². The van der Waals surface area contributed by atoms with Crippen molar-refractivity contribution in [2.24, 2.45) is 0 Å². The van der Waals surface area contributed by atoms with Gasteiger partial charge < -0.3 is 20.9 Å². The van der Waals surface area contributed by atoms with Crippen LogP contribution in [0.4, 0.5) is 5.82 Å². The van der Waals surface area contributed by atoms with Gasteiger partial charge in [-0.05, 0) is 29.8 Å². The van der Waals surface area contributed by atoms with Crippen LogP contribution in [0.25, 0.3) is 11.3 Å². The summed E-state index contributed by atoms with van der Waals surface area (Å²) < 4.78 is 5.75. The van der Waals surface area contributed by atoms with Gasteiger partial charge in [0.25, 0.3) is 5.91 Å². The lowest BCUT2D eigenvalue weighted by atomic mass is 10.1. The van der Waals surface area contributed by atoms with Gasteiger partial charge in [-0.3, -0.25) is 4.79 Å². The SMILES string of the molecule is CNC(=O)c1ccc(CCOc2cc(-c3ccccc3O)nnc2N)cc1. The van der Waals surface area contributed by atoms with E-state index < -0.39 is 0 Å². The first-order valence-corrected chi connectivity index (χ1v) is 8.44. The van der Waals surface area contributed by atoms with Crippen LogP contribution in [-0.2, 0) is 6.42 Å². The molecule has 0 spiro atoms. The molecule has 3 rings (SSSR count). The van der Waals surface area contributed by atoms with E-state index in [0.29, 0.717) is 35.6 Å². The molecule has 0 bridgehead atoms. The maximum absolute atomic E-state index is 11.6. The molecule has 27 heavy (non-hydrogen) atoms. The summed E-state index contributed by atoms with van der Waals surface area (Å²) in [5, 5.41) is 20.5. The van der Waals surface area contributed by atoms with E-state index in [0.717, 1.165) is 5.56 Å². The molecule has 1 heterocycles. The molecular weight excluding hydrogens is 344 g/mol. The molecule has 0 fully saturated rings. The number of nitrogens with zero attached hydrogens (tertiary/aromatic N) is 2. The summed E-state index contributed by atoms with van der Waals surface area (Å²) in [6, 6.07) is 15.8. The highest BCUT2D eigenvalue weighted by Crippen LogP contribution is 2.30. The number of anilines is 1. The quantitative estimate of drug-likeness (QED) is 0.619. The summed E-state index contributed by atoms with van der Waals surface area (Å²) in [4.78, 5) is 11.6. The topological polar surface area (TPSA) is 110 Å². The number of nitrogen functional groups attached to an aromatic ring is 1. The van der Waals surface area contributed by atoms with Crippen molar-refractivity contribution < 1.29 is 14.6 Å². The van der Waals surface area contributed by atoms with E-state index in [2.05, 4.69) is 15.5 Å². The average Bonchev–Trinajstić information content (AvgIpc) is 2.70. The normalized spacial score (nSPS) is 10.4. The Morgan fingerprint density at radius 1 is 1.15 bits per heavy atom. The van der Waals surface area contributed by atoms with Crippen LogP contribution in [0.2, 0.25) is 0 Å². The number of carbonyl (C=O) groups is 1. The lowest BCUT2D eigenvalue weighted by Crippen LogP contribution is -2.17. The Labute approximate surface area is 156 Å². The van der Waals surface area contributed by atoms with Crippen LogP contribution in [-0.4, -0.2) is 34.9 Å². The highest BCUT2D eigenvalue weighted by molar-refractivity contribution is 5.93. The fraction of sp³-hybridized carbons (Fsp3) is 0.150. The minimum Gasteiger partial charge on any atom is -0.507 e. The Morgan fingerprint density at radius 3 is 2.59 bits per heavy atom. The van der Waals surface area contributed by atoms with Crippen LogP contribution in [0.1, 0.15) is 15.9 Å². The molecule has 1 aromatic heterocycles. The lowest BCUT2D eigenvalue weighted by Gasteiger charge is -2.10. The van der Waals surface area contributed by atoms with Crippen LogP contribution in [0, 0.1) is 0 Å². The minimum absolute atomic E-state index is 0.110. The summed E-state index contributed by atoms with van der Waals surface area (Å²) in [7, 11) is 1.60. The second-order valence-electron chi connectivity index (χ2n) is 5.87. The molecule has 4 N–H and O–H groups in total. The Hall–Kier alpha value is -3.61. The minimum atomic E-state index is -0.120. The number of rotatable bonds is 6. The number of para-hydroxylation sites is 1. The van der Waals surface area contributed by atoms with Gasteiger partial charge in [-0.15, -0.1) is 10.2 Å². The molecule has 0 saturated carbocycles. The molecule has 7 heteroatoms. The number of benzene rings is 2. The van der Waals surface area contributed by atoms with Crippen molar-refractivity contribution in [2.45, 2.75) is 6.42 Å². The number of amides is 1. The third kappa shape index (κ3) is 4.33. The number of phenols is 1. The van der Waals surface area contributed by atoms with E-state index in [-0.39, 0.29) is 17.5 Å². The van der Waals surface area contributed by atoms with E-state index in [9.17, 15) is 9.90 Å². The largest absolute Gasteiger partial charge is 0.507 e. The molecule has 0 radical (unpaired) electrons. The molecule has 0 aliphatic rings. The molecule has 7 nitrogen and oxygen atoms in total. The number of nitrogens with one attached hydrogen (secondary N) is 1. The molecule has 0 aliphatic heterocycles. The molecule has 1 amide bonds. The van der Waals surface area contributed by atoms with E-state index in [1.165, 1.54) is 0 Å². The molecule has 2 aromatic carbocycles. The van der Waals surface area contributed by atoms with E-state index in [1.54, 1.807) is 49.5 Å². The van der Waals surface area contributed by atoms with Crippen LogP contribution < -0.4 is 15.8 Å². The summed E-state index contributed by atoms with van der Waals surface area (Å²) in [5.41, 5.74) is 8.52. The molecule has 0 saturated heterocycles. The summed E-state index contributed by atoms with van der Waals surface area (Å²) in [6.45, 7) is 0.384. The molecule has 3 aromatic rings. The van der Waals surface area contributed by atoms with Crippen LogP contribution in [0.3, 0.4) is 0 Å². The second-order valence-corrected chi connectivity index (χ2v) is 5.87. The van der Waals surface area contributed by atoms with Crippen molar-refractivity contribution in [3.8, 4) is 22.8 Å². The predicted octanol–water partition coefficient (Wildman–Crippen LogP) is 2.41. The summed E-state index contributed by atoms with van der Waals surface area (Å²) >= 11 is 0. The monoisotopic (exact) mass is 364 g/mol. The van der Waals surface area contributed by atoms with Gasteiger partial charge in [-0.25, -0.2) is 0 Å². The van der Waals surface area contributed by atoms with Gasteiger partial charge in [0.1, 0.15) is 11.4 Å². The van der Waals surface area contributed by atoms with Gasteiger partial charge >= 0.3 is 0 Å². The van der Waals surface area contributed by atoms with Crippen molar-refractivity contribution in [3.63, 3.8) is 0 Å². The zero-order valence-electron chi connectivity index (χ0n) is 14.8. The van der Waals surface area contributed by atoms with Crippen molar-refractivity contribution in [1.29, 1.82) is 0 Å². The maximum atomic E-state index is 11.6. The smallest absolute Gasteiger partial charge is 0.251 e. The Morgan fingerprint density at radius 2 is 1.89 bits per heavy atom. The first-order chi connectivity index (χ1) is 13.1. The number of phenolic OH excluding ortho intramolecular Hbond substituents is 1. The summed E-state index contributed by atoms with van der Waals surface area (Å²) in [6.07, 6.45) is 0.641. The number of hydrogen-bond acceptors (Lipinski definition) is 6. The molecule has 0 unspecified atom stereocenters. The average molecular weight is 364 g/mol. The Kier molecular flexibility index (Phi) is 5.51. The third-order valence-electron chi connectivity index (χ3n) is 4.06. The highest BCUT2D eigenvalue weighted by Gasteiger charge is 2.10. The number of carbonyl (C=O) groups excluding carboxylic acids is 1. The van der Waals surface area contributed by atoms with Crippen molar-refractivity contribution >= 4 is 11.7 Å². The Bertz CT molecular complexity index is 942. The van der Waals surface area contributed by atoms with Crippen molar-refractivity contribution in [3.05, 3.63) is 65.7 Å². The number of ether oxygens (including phenoxy) is 1. The standard InChI is InChI=1S/C20H20N4O3/c1-22-20(26)14-8-6-13(7-9-14)10-11-27-18-12-16(23-24-19(18)21)15-4-2-3-5-17(15)25/h2-9,12,25H,10-11H2,1H3,(H2,21,24)(H,22,26). The van der Waals surface area contributed by atoms with Gasteiger partial charge in [0.05, 0.1) is 6.61 Å². The third-order valence-corrected chi connectivity index (χ3v) is 4.06. The first kappa shape index (κ1) is 18.2. The van der Waals surface area contributed by atoms with Gasteiger partial charge in [0.15, 0.2) is 11.6 Å². The number of nitrogens with two attached hydrogens (primary N) is 1. The molecule has 0 aliphatic carbocycles. The van der Waals surface area contributed by atoms with E-state index in [4.69, 9.17) is 10.5 Å². The predicted molar refractivity (Wildman–Crippen MR) is 103 cm³/mol. The molecular formula is C20H20N4O3. The van der Waals surface area contributed by atoms with E-state index >= 15 is 0 Å². The number of hydrogen-bond donors (Lipinski definition) is 3. The van der Waals surface area contributed by atoms with Crippen LogP contribution in [0.15, 0.2) is 54.6 Å². The maximum Gasteiger partial charge on any atom is 0.251 e. The zero-order valence-corrected chi connectivity index (χ0v) is 14.8. The number of aromatic nitrogens is 2. The Balaban J connectivity index is 1.67. The highest BCUT2D eigenvalue weighted by atomic mass is 16.5. The molecule has 138 valence electrons. The second kappa shape index (κ2) is 8.18. The zero-order chi connectivity index (χ0) is 19.2. The first-order valence-electron chi connectivity index (χ1n) is 8.44. The number of aromatic hydroxyl groups is 1. The van der Waals surface area contributed by atoms with Crippen molar-refractivity contribution in [2.75, 3.05) is 19.4 Å². The van der Waals surface area contributed by atoms with Crippen LogP contribution in [0.5, 0.6) is 11.5 Å². The fourth-order valence-electron chi connectivity index (χ4n) is 2.57. The van der Waals surface area contributed by atoms with Gasteiger partial charge in [-0.1, -0.05) is 24.3 Å². The molecule has 0 atom stereocenters. The van der Waals surface area contributed by atoms with Crippen molar-refractivity contribution in [1.82, 2.24) is 15.5 Å². The van der Waals surface area contributed by atoms with Gasteiger partial charge in [0, 0.05) is 30.7 Å². The lowest BCUT2D eigenvalue weighted by molar-refractivity contribution is 0.0963.